The van der Waals surface area contributed by atoms with Gasteiger partial charge < -0.3 is 9.88 Å². The number of fused-ring (bicyclic) bond motifs is 1. The van der Waals surface area contributed by atoms with E-state index >= 15 is 0 Å². The minimum absolute atomic E-state index is 0.396. The Bertz CT molecular complexity index is 1000. The standard InChI is InChI=1S/C19H15ClN4O2S/c20-13-6-8-14(9-7-13)21-18(26)23-17(25)16-15(12-4-2-1-3-5-12)22-19-24(16)10-11-27-19/h1-9H,10-11H2,(H2,21,23,25,26). The van der Waals surface area contributed by atoms with Gasteiger partial charge in [0.25, 0.3) is 5.91 Å². The topological polar surface area (TPSA) is 76.0 Å². The molecule has 2 heterocycles. The number of anilines is 1. The Morgan fingerprint density at radius 3 is 2.56 bits per heavy atom. The zero-order valence-electron chi connectivity index (χ0n) is 14.1. The molecule has 8 heteroatoms. The molecule has 0 atom stereocenters. The number of imide groups is 1. The summed E-state index contributed by atoms with van der Waals surface area (Å²) in [7, 11) is 0. The Morgan fingerprint density at radius 1 is 1.07 bits per heavy atom. The zero-order chi connectivity index (χ0) is 18.8. The molecule has 1 aliphatic heterocycles. The molecule has 136 valence electrons. The van der Waals surface area contributed by atoms with Crippen molar-refractivity contribution in [3.63, 3.8) is 0 Å². The summed E-state index contributed by atoms with van der Waals surface area (Å²) >= 11 is 7.43. The molecule has 2 aromatic carbocycles. The molecular weight excluding hydrogens is 384 g/mol. The molecule has 3 aromatic rings. The maximum atomic E-state index is 12.9. The highest BCUT2D eigenvalue weighted by Gasteiger charge is 2.28. The first-order chi connectivity index (χ1) is 13.1. The summed E-state index contributed by atoms with van der Waals surface area (Å²) in [5.41, 5.74) is 2.35. The number of nitrogens with zero attached hydrogens (tertiary/aromatic N) is 2. The SMILES string of the molecule is O=C(NC(=O)c1c(-c2ccccc2)nc2n1CCS2)Nc1ccc(Cl)cc1. The normalized spacial score (nSPS) is 12.5. The second-order valence-corrected chi connectivity index (χ2v) is 7.37. The molecular formula is C19H15ClN4O2S. The number of hydrogen-bond donors (Lipinski definition) is 2. The fraction of sp³-hybridized carbons (Fsp3) is 0.105. The van der Waals surface area contributed by atoms with Crippen molar-refractivity contribution < 1.29 is 9.59 Å². The first-order valence-electron chi connectivity index (χ1n) is 8.28. The van der Waals surface area contributed by atoms with Crippen molar-refractivity contribution in [2.45, 2.75) is 11.7 Å². The van der Waals surface area contributed by atoms with Crippen LogP contribution in [0.5, 0.6) is 0 Å². The monoisotopic (exact) mass is 398 g/mol. The van der Waals surface area contributed by atoms with Crippen LogP contribution >= 0.6 is 23.4 Å². The van der Waals surface area contributed by atoms with Crippen LogP contribution in [0.1, 0.15) is 10.5 Å². The maximum Gasteiger partial charge on any atom is 0.326 e. The number of aromatic nitrogens is 2. The van der Waals surface area contributed by atoms with E-state index < -0.39 is 11.9 Å². The van der Waals surface area contributed by atoms with Crippen molar-refractivity contribution in [2.75, 3.05) is 11.1 Å². The van der Waals surface area contributed by atoms with Crippen LogP contribution in [0.25, 0.3) is 11.3 Å². The number of hydrogen-bond acceptors (Lipinski definition) is 4. The molecule has 0 aliphatic carbocycles. The lowest BCUT2D eigenvalue weighted by atomic mass is 10.1. The summed E-state index contributed by atoms with van der Waals surface area (Å²) in [5.74, 6) is 0.371. The van der Waals surface area contributed by atoms with E-state index in [1.807, 2.05) is 34.9 Å². The van der Waals surface area contributed by atoms with Gasteiger partial charge in [-0.1, -0.05) is 53.7 Å². The molecule has 27 heavy (non-hydrogen) atoms. The average Bonchev–Trinajstić information content (AvgIpc) is 3.25. The Kier molecular flexibility index (Phi) is 4.87. The molecule has 0 fully saturated rings. The number of thioether (sulfide) groups is 1. The molecule has 4 rings (SSSR count). The van der Waals surface area contributed by atoms with E-state index in [1.165, 1.54) is 0 Å². The Morgan fingerprint density at radius 2 is 1.81 bits per heavy atom. The van der Waals surface area contributed by atoms with E-state index in [1.54, 1.807) is 36.0 Å². The molecule has 0 bridgehead atoms. The van der Waals surface area contributed by atoms with Crippen molar-refractivity contribution in [3.05, 3.63) is 65.3 Å². The van der Waals surface area contributed by atoms with Crippen molar-refractivity contribution in [3.8, 4) is 11.3 Å². The van der Waals surface area contributed by atoms with E-state index in [0.717, 1.165) is 16.5 Å². The van der Waals surface area contributed by atoms with Gasteiger partial charge in [0.2, 0.25) is 0 Å². The highest BCUT2D eigenvalue weighted by molar-refractivity contribution is 7.99. The molecule has 2 N–H and O–H groups in total. The van der Waals surface area contributed by atoms with Gasteiger partial charge in [-0.25, -0.2) is 9.78 Å². The van der Waals surface area contributed by atoms with Crippen LogP contribution in [0, 0.1) is 0 Å². The van der Waals surface area contributed by atoms with Gasteiger partial charge in [-0.2, -0.15) is 0 Å². The zero-order valence-corrected chi connectivity index (χ0v) is 15.7. The molecule has 0 unspecified atom stereocenters. The van der Waals surface area contributed by atoms with Gasteiger partial charge in [-0.3, -0.25) is 10.1 Å². The molecule has 0 spiro atoms. The predicted octanol–water partition coefficient (Wildman–Crippen LogP) is 4.27. The minimum atomic E-state index is -0.609. The summed E-state index contributed by atoms with van der Waals surface area (Å²) in [6, 6.07) is 15.5. The number of halogens is 1. The summed E-state index contributed by atoms with van der Waals surface area (Å²) < 4.78 is 1.86. The van der Waals surface area contributed by atoms with Crippen molar-refractivity contribution >= 4 is 41.0 Å². The Balaban J connectivity index is 1.58. The molecule has 0 radical (unpaired) electrons. The molecule has 3 amide bonds. The fourth-order valence-electron chi connectivity index (χ4n) is 2.86. The van der Waals surface area contributed by atoms with Crippen LogP contribution in [0.3, 0.4) is 0 Å². The van der Waals surface area contributed by atoms with E-state index in [9.17, 15) is 9.59 Å². The number of urea groups is 1. The lowest BCUT2D eigenvalue weighted by Crippen LogP contribution is -2.35. The van der Waals surface area contributed by atoms with Crippen LogP contribution in [-0.4, -0.2) is 27.2 Å². The third kappa shape index (κ3) is 3.70. The first kappa shape index (κ1) is 17.6. The van der Waals surface area contributed by atoms with Crippen LogP contribution in [0.15, 0.2) is 59.8 Å². The number of imidazole rings is 1. The van der Waals surface area contributed by atoms with Crippen LogP contribution < -0.4 is 10.6 Å². The smallest absolute Gasteiger partial charge is 0.314 e. The predicted molar refractivity (Wildman–Crippen MR) is 106 cm³/mol. The fourth-order valence-corrected chi connectivity index (χ4v) is 3.94. The number of carbonyl (C=O) groups is 2. The summed E-state index contributed by atoms with van der Waals surface area (Å²) in [5, 5.41) is 6.37. The second kappa shape index (κ2) is 7.46. The van der Waals surface area contributed by atoms with Gasteiger partial charge in [-0.15, -0.1) is 0 Å². The maximum absolute atomic E-state index is 12.9. The largest absolute Gasteiger partial charge is 0.326 e. The lowest BCUT2D eigenvalue weighted by Gasteiger charge is -2.09. The van der Waals surface area contributed by atoms with Crippen molar-refractivity contribution in [1.82, 2.24) is 14.9 Å². The number of rotatable bonds is 3. The van der Waals surface area contributed by atoms with Gasteiger partial charge >= 0.3 is 6.03 Å². The number of amides is 3. The molecule has 1 aliphatic rings. The number of nitrogens with one attached hydrogen (secondary N) is 2. The molecule has 1 aromatic heterocycles. The molecule has 6 nitrogen and oxygen atoms in total. The van der Waals surface area contributed by atoms with Crippen molar-refractivity contribution in [1.29, 1.82) is 0 Å². The number of carbonyl (C=O) groups excluding carboxylic acids is 2. The summed E-state index contributed by atoms with van der Waals surface area (Å²) in [6.45, 7) is 0.682. The quantitative estimate of drug-likeness (QED) is 0.690. The Labute approximate surface area is 164 Å². The first-order valence-corrected chi connectivity index (χ1v) is 9.65. The third-order valence-corrected chi connectivity index (χ3v) is 5.28. The van der Waals surface area contributed by atoms with Crippen molar-refractivity contribution in [2.24, 2.45) is 0 Å². The Hall–Kier alpha value is -2.77. The molecule has 0 saturated carbocycles. The highest BCUT2D eigenvalue weighted by atomic mass is 35.5. The number of benzene rings is 2. The van der Waals surface area contributed by atoms with Gasteiger partial charge in [0.15, 0.2) is 5.16 Å². The summed E-state index contributed by atoms with van der Waals surface area (Å²) in [4.78, 5) is 29.7. The van der Waals surface area contributed by atoms with Gasteiger partial charge in [-0.05, 0) is 24.3 Å². The van der Waals surface area contributed by atoms with Crippen LogP contribution in [-0.2, 0) is 6.54 Å². The van der Waals surface area contributed by atoms with E-state index in [2.05, 4.69) is 15.6 Å². The van der Waals surface area contributed by atoms with E-state index in [0.29, 0.717) is 28.6 Å². The van der Waals surface area contributed by atoms with E-state index in [4.69, 9.17) is 11.6 Å². The van der Waals surface area contributed by atoms with Crippen LogP contribution in [0.4, 0.5) is 10.5 Å². The van der Waals surface area contributed by atoms with Gasteiger partial charge in [0.05, 0.1) is 0 Å². The second-order valence-electron chi connectivity index (χ2n) is 5.87. The highest BCUT2D eigenvalue weighted by Crippen LogP contribution is 2.33. The lowest BCUT2D eigenvalue weighted by molar-refractivity contribution is 0.0958. The molecule has 0 saturated heterocycles. The average molecular weight is 399 g/mol. The minimum Gasteiger partial charge on any atom is -0.314 e. The van der Waals surface area contributed by atoms with Crippen LogP contribution in [0.2, 0.25) is 5.02 Å². The van der Waals surface area contributed by atoms with Gasteiger partial charge in [0.1, 0.15) is 11.4 Å². The van der Waals surface area contributed by atoms with Gasteiger partial charge in [0, 0.05) is 28.6 Å². The van der Waals surface area contributed by atoms with E-state index in [-0.39, 0.29) is 0 Å². The summed E-state index contributed by atoms with van der Waals surface area (Å²) in [6.07, 6.45) is 0. The third-order valence-electron chi connectivity index (χ3n) is 4.07.